The van der Waals surface area contributed by atoms with E-state index in [1.54, 1.807) is 7.05 Å². The minimum atomic E-state index is 0.0295. The monoisotopic (exact) mass is 234 g/mol. The maximum Gasteiger partial charge on any atom is 0.234 e. The molecule has 17 heavy (non-hydrogen) atoms. The number of rotatable bonds is 5. The second-order valence-electron chi connectivity index (χ2n) is 4.64. The van der Waals surface area contributed by atoms with Crippen LogP contribution in [0.15, 0.2) is 18.2 Å². The van der Waals surface area contributed by atoms with Gasteiger partial charge in [-0.3, -0.25) is 10.2 Å². The molecule has 0 atom stereocenters. The van der Waals surface area contributed by atoms with Crippen LogP contribution in [0.5, 0.6) is 0 Å². The van der Waals surface area contributed by atoms with E-state index in [-0.39, 0.29) is 5.91 Å². The average molecular weight is 234 g/mol. The number of carbonyl (C=O) groups is 1. The van der Waals surface area contributed by atoms with Gasteiger partial charge in [-0.1, -0.05) is 32.0 Å². The first-order valence-corrected chi connectivity index (χ1v) is 6.09. The van der Waals surface area contributed by atoms with E-state index in [9.17, 15) is 4.79 Å². The van der Waals surface area contributed by atoms with Crippen LogP contribution >= 0.6 is 0 Å². The van der Waals surface area contributed by atoms with Crippen molar-refractivity contribution >= 4 is 5.91 Å². The summed E-state index contributed by atoms with van der Waals surface area (Å²) in [7, 11) is 1.70. The Hall–Kier alpha value is -1.35. The zero-order valence-electron chi connectivity index (χ0n) is 11.1. The van der Waals surface area contributed by atoms with Gasteiger partial charge >= 0.3 is 0 Å². The van der Waals surface area contributed by atoms with Crippen molar-refractivity contribution < 1.29 is 4.79 Å². The highest BCUT2D eigenvalue weighted by atomic mass is 16.2. The van der Waals surface area contributed by atoms with Crippen LogP contribution in [0.4, 0.5) is 0 Å². The molecule has 0 bridgehead atoms. The number of hydrogen-bond donors (Lipinski definition) is 2. The van der Waals surface area contributed by atoms with Crippen LogP contribution in [0, 0.1) is 6.92 Å². The summed E-state index contributed by atoms with van der Waals surface area (Å²) in [6.45, 7) is 6.46. The van der Waals surface area contributed by atoms with Gasteiger partial charge in [0.25, 0.3) is 0 Å². The summed E-state index contributed by atoms with van der Waals surface area (Å²) in [5.74, 6) is 0.558. The van der Waals surface area contributed by atoms with Crippen molar-refractivity contribution in [3.8, 4) is 0 Å². The van der Waals surface area contributed by atoms with Crippen molar-refractivity contribution in [3.63, 3.8) is 0 Å². The maximum absolute atomic E-state index is 11.4. The Morgan fingerprint density at radius 2 is 2.06 bits per heavy atom. The van der Waals surface area contributed by atoms with Gasteiger partial charge in [0.1, 0.15) is 0 Å². The Balaban J connectivity index is 2.69. The molecule has 1 amide bonds. The molecule has 3 heteroatoms. The van der Waals surface area contributed by atoms with E-state index < -0.39 is 0 Å². The fourth-order valence-corrected chi connectivity index (χ4v) is 1.77. The Labute approximate surface area is 104 Å². The number of hydrogen-bond acceptors (Lipinski definition) is 2. The van der Waals surface area contributed by atoms with Crippen molar-refractivity contribution in [3.05, 3.63) is 34.9 Å². The van der Waals surface area contributed by atoms with Crippen LogP contribution in [-0.2, 0) is 11.2 Å². The number of amides is 1. The third-order valence-electron chi connectivity index (χ3n) is 2.93. The smallest absolute Gasteiger partial charge is 0.234 e. The van der Waals surface area contributed by atoms with Crippen molar-refractivity contribution in [1.82, 2.24) is 10.9 Å². The van der Waals surface area contributed by atoms with Gasteiger partial charge in [-0.25, -0.2) is 5.43 Å². The Kier molecular flexibility index (Phi) is 5.16. The summed E-state index contributed by atoms with van der Waals surface area (Å²) in [6.07, 6.45) is 1.31. The molecule has 0 unspecified atom stereocenters. The standard InChI is InChI=1S/C14H22N2O/c1-10(2)12-6-5-11(3)13(9-12)7-8-14(17)16-15-4/h5-6,9-10,15H,7-8H2,1-4H3,(H,16,17). The zero-order valence-corrected chi connectivity index (χ0v) is 11.1. The predicted molar refractivity (Wildman–Crippen MR) is 70.8 cm³/mol. The molecule has 0 aromatic heterocycles. The summed E-state index contributed by atoms with van der Waals surface area (Å²) in [6, 6.07) is 6.52. The van der Waals surface area contributed by atoms with E-state index in [0.29, 0.717) is 12.3 Å². The number of nitrogens with one attached hydrogen (secondary N) is 2. The zero-order chi connectivity index (χ0) is 12.8. The number of carbonyl (C=O) groups excluding carboxylic acids is 1. The van der Waals surface area contributed by atoms with Gasteiger partial charge in [0.05, 0.1) is 0 Å². The molecule has 0 saturated carbocycles. The lowest BCUT2D eigenvalue weighted by Gasteiger charge is -2.11. The van der Waals surface area contributed by atoms with E-state index in [0.717, 1.165) is 6.42 Å². The highest BCUT2D eigenvalue weighted by Crippen LogP contribution is 2.19. The minimum absolute atomic E-state index is 0.0295. The Bertz CT molecular complexity index is 386. The first kappa shape index (κ1) is 13.7. The van der Waals surface area contributed by atoms with E-state index in [1.807, 2.05) is 0 Å². The summed E-state index contributed by atoms with van der Waals surface area (Å²) in [5.41, 5.74) is 9.09. The molecule has 1 aromatic rings. The molecule has 2 N–H and O–H groups in total. The van der Waals surface area contributed by atoms with E-state index in [4.69, 9.17) is 0 Å². The van der Waals surface area contributed by atoms with Gasteiger partial charge in [-0.15, -0.1) is 0 Å². The highest BCUT2D eigenvalue weighted by molar-refractivity contribution is 5.75. The van der Waals surface area contributed by atoms with E-state index in [1.165, 1.54) is 16.7 Å². The topological polar surface area (TPSA) is 41.1 Å². The van der Waals surface area contributed by atoms with Gasteiger partial charge in [-0.05, 0) is 36.0 Å². The number of hydrazine groups is 1. The number of aryl methyl sites for hydroxylation is 2. The molecule has 0 saturated heterocycles. The van der Waals surface area contributed by atoms with E-state index >= 15 is 0 Å². The summed E-state index contributed by atoms with van der Waals surface area (Å²) in [4.78, 5) is 11.4. The molecular weight excluding hydrogens is 212 g/mol. The molecule has 0 fully saturated rings. The molecule has 0 radical (unpaired) electrons. The fourth-order valence-electron chi connectivity index (χ4n) is 1.77. The largest absolute Gasteiger partial charge is 0.292 e. The lowest BCUT2D eigenvalue weighted by Crippen LogP contribution is -2.34. The van der Waals surface area contributed by atoms with Crippen molar-refractivity contribution in [1.29, 1.82) is 0 Å². The van der Waals surface area contributed by atoms with Gasteiger partial charge in [0.2, 0.25) is 5.91 Å². The molecule has 1 aromatic carbocycles. The lowest BCUT2D eigenvalue weighted by molar-refractivity contribution is -0.121. The summed E-state index contributed by atoms with van der Waals surface area (Å²) < 4.78 is 0. The minimum Gasteiger partial charge on any atom is -0.292 e. The SMILES string of the molecule is CNNC(=O)CCc1cc(C(C)C)ccc1C. The lowest BCUT2D eigenvalue weighted by atomic mass is 9.95. The molecule has 1 rings (SSSR count). The third kappa shape index (κ3) is 4.19. The quantitative estimate of drug-likeness (QED) is 0.768. The highest BCUT2D eigenvalue weighted by Gasteiger charge is 2.06. The molecule has 0 aliphatic heterocycles. The predicted octanol–water partition coefficient (Wildman–Crippen LogP) is 2.30. The molecule has 0 spiro atoms. The second kappa shape index (κ2) is 6.40. The maximum atomic E-state index is 11.4. The Morgan fingerprint density at radius 1 is 1.35 bits per heavy atom. The molecular formula is C14H22N2O. The first-order valence-electron chi connectivity index (χ1n) is 6.09. The molecule has 0 aliphatic rings. The summed E-state index contributed by atoms with van der Waals surface area (Å²) in [5, 5.41) is 0. The van der Waals surface area contributed by atoms with E-state index in [2.05, 4.69) is 49.8 Å². The van der Waals surface area contributed by atoms with Crippen LogP contribution in [0.1, 0.15) is 42.9 Å². The van der Waals surface area contributed by atoms with Gasteiger partial charge < -0.3 is 0 Å². The van der Waals surface area contributed by atoms with Crippen molar-refractivity contribution in [2.45, 2.75) is 39.5 Å². The summed E-state index contributed by atoms with van der Waals surface area (Å²) >= 11 is 0. The normalized spacial score (nSPS) is 10.6. The van der Waals surface area contributed by atoms with Crippen LogP contribution in [-0.4, -0.2) is 13.0 Å². The molecule has 3 nitrogen and oxygen atoms in total. The third-order valence-corrected chi connectivity index (χ3v) is 2.93. The fraction of sp³-hybridized carbons (Fsp3) is 0.500. The van der Waals surface area contributed by atoms with Gasteiger partial charge in [-0.2, -0.15) is 0 Å². The van der Waals surface area contributed by atoms with Crippen molar-refractivity contribution in [2.75, 3.05) is 7.05 Å². The van der Waals surface area contributed by atoms with Crippen LogP contribution in [0.3, 0.4) is 0 Å². The van der Waals surface area contributed by atoms with Crippen LogP contribution in [0.25, 0.3) is 0 Å². The molecule has 94 valence electrons. The average Bonchev–Trinajstić information content (AvgIpc) is 2.28. The molecule has 0 heterocycles. The van der Waals surface area contributed by atoms with Gasteiger partial charge in [0, 0.05) is 13.5 Å². The first-order chi connectivity index (χ1) is 8.04. The van der Waals surface area contributed by atoms with Crippen LogP contribution in [0.2, 0.25) is 0 Å². The second-order valence-corrected chi connectivity index (χ2v) is 4.64. The Morgan fingerprint density at radius 3 is 2.65 bits per heavy atom. The van der Waals surface area contributed by atoms with Gasteiger partial charge in [0.15, 0.2) is 0 Å². The molecule has 0 aliphatic carbocycles. The van der Waals surface area contributed by atoms with Crippen LogP contribution < -0.4 is 10.9 Å². The number of benzene rings is 1. The van der Waals surface area contributed by atoms with Crippen molar-refractivity contribution in [2.24, 2.45) is 0 Å².